The van der Waals surface area contributed by atoms with E-state index in [1.165, 1.54) is 19.3 Å². The molecule has 0 saturated carbocycles. The molecule has 0 amide bonds. The Morgan fingerprint density at radius 1 is 1.24 bits per heavy atom. The lowest BCUT2D eigenvalue weighted by Gasteiger charge is -2.16. The zero-order valence-corrected chi connectivity index (χ0v) is 13.4. The van der Waals surface area contributed by atoms with Crippen molar-refractivity contribution in [3.05, 3.63) is 23.8 Å². The van der Waals surface area contributed by atoms with Crippen LogP contribution >= 0.6 is 0 Å². The molecule has 1 aromatic rings. The molecule has 1 atom stereocenters. The van der Waals surface area contributed by atoms with Gasteiger partial charge >= 0.3 is 5.97 Å². The molecule has 1 rings (SSSR count). The molecule has 4 heteroatoms. The third-order valence-corrected chi connectivity index (χ3v) is 3.33. The van der Waals surface area contributed by atoms with Crippen LogP contribution in [-0.2, 0) is 4.74 Å². The van der Waals surface area contributed by atoms with Crippen LogP contribution in [0, 0.1) is 0 Å². The number of ether oxygens (including phenoxy) is 2. The number of unbranched alkanes of at least 4 members (excludes halogenated alkanes) is 3. The molecule has 118 valence electrons. The first-order valence-corrected chi connectivity index (χ1v) is 7.82. The first-order valence-electron chi connectivity index (χ1n) is 7.82. The molecule has 0 aliphatic rings. The first kappa shape index (κ1) is 17.3. The highest BCUT2D eigenvalue weighted by molar-refractivity contribution is 5.98. The Labute approximate surface area is 127 Å². The fourth-order valence-electron chi connectivity index (χ4n) is 2.20. The maximum Gasteiger partial charge on any atom is 0.344 e. The summed E-state index contributed by atoms with van der Waals surface area (Å²) in [4.78, 5) is 12.3. The summed E-state index contributed by atoms with van der Waals surface area (Å²) in [6, 6.07) is 5.19. The van der Waals surface area contributed by atoms with Crippen molar-refractivity contribution in [2.75, 3.05) is 12.3 Å². The number of esters is 1. The molecule has 0 fully saturated rings. The van der Waals surface area contributed by atoms with Gasteiger partial charge in [0.05, 0.1) is 12.7 Å². The van der Waals surface area contributed by atoms with Crippen molar-refractivity contribution in [2.45, 2.75) is 59.0 Å². The van der Waals surface area contributed by atoms with E-state index >= 15 is 0 Å². The first-order chi connectivity index (χ1) is 10.1. The molecule has 0 saturated heterocycles. The van der Waals surface area contributed by atoms with Crippen molar-refractivity contribution >= 4 is 11.7 Å². The van der Waals surface area contributed by atoms with Crippen LogP contribution in [0.25, 0.3) is 0 Å². The Kier molecular flexibility index (Phi) is 7.65. The molecule has 0 aliphatic carbocycles. The van der Waals surface area contributed by atoms with Crippen molar-refractivity contribution < 1.29 is 14.3 Å². The van der Waals surface area contributed by atoms with Gasteiger partial charge in [-0.25, -0.2) is 4.79 Å². The van der Waals surface area contributed by atoms with Gasteiger partial charge < -0.3 is 15.2 Å². The SMILES string of the molecule is CCCCCCC(C)OC(=O)c1c(N)cccc1OCC. The van der Waals surface area contributed by atoms with E-state index in [9.17, 15) is 4.79 Å². The second kappa shape index (κ2) is 9.27. The standard InChI is InChI=1S/C17H27NO3/c1-4-6-7-8-10-13(3)21-17(19)16-14(18)11-9-12-15(16)20-5-2/h9,11-13H,4-8,10,18H2,1-3H3. The van der Waals surface area contributed by atoms with Gasteiger partial charge in [0.15, 0.2) is 0 Å². The number of anilines is 1. The van der Waals surface area contributed by atoms with Crippen molar-refractivity contribution in [3.8, 4) is 5.75 Å². The summed E-state index contributed by atoms with van der Waals surface area (Å²) in [5.41, 5.74) is 6.61. The molecule has 0 heterocycles. The van der Waals surface area contributed by atoms with E-state index in [4.69, 9.17) is 15.2 Å². The van der Waals surface area contributed by atoms with E-state index in [1.54, 1.807) is 18.2 Å². The lowest BCUT2D eigenvalue weighted by molar-refractivity contribution is 0.0316. The number of hydrogen-bond donors (Lipinski definition) is 1. The summed E-state index contributed by atoms with van der Waals surface area (Å²) in [5, 5.41) is 0. The summed E-state index contributed by atoms with van der Waals surface area (Å²) >= 11 is 0. The van der Waals surface area contributed by atoms with Gasteiger partial charge in [-0.3, -0.25) is 0 Å². The van der Waals surface area contributed by atoms with Crippen molar-refractivity contribution in [1.82, 2.24) is 0 Å². The van der Waals surface area contributed by atoms with E-state index in [0.29, 0.717) is 23.6 Å². The van der Waals surface area contributed by atoms with Gasteiger partial charge in [0, 0.05) is 5.69 Å². The van der Waals surface area contributed by atoms with Gasteiger partial charge in [-0.1, -0.05) is 32.3 Å². The number of nitrogen functional groups attached to an aromatic ring is 1. The van der Waals surface area contributed by atoms with Gasteiger partial charge in [0.2, 0.25) is 0 Å². The second-order valence-electron chi connectivity index (χ2n) is 5.22. The Balaban J connectivity index is 2.62. The van der Waals surface area contributed by atoms with Crippen molar-refractivity contribution in [3.63, 3.8) is 0 Å². The average Bonchev–Trinajstić information content (AvgIpc) is 2.44. The molecule has 4 nitrogen and oxygen atoms in total. The van der Waals surface area contributed by atoms with E-state index in [-0.39, 0.29) is 6.10 Å². The largest absolute Gasteiger partial charge is 0.493 e. The minimum atomic E-state index is -0.403. The van der Waals surface area contributed by atoms with Crippen LogP contribution < -0.4 is 10.5 Å². The van der Waals surface area contributed by atoms with Gasteiger partial charge in [0.25, 0.3) is 0 Å². The van der Waals surface area contributed by atoms with E-state index in [2.05, 4.69) is 6.92 Å². The fourth-order valence-corrected chi connectivity index (χ4v) is 2.20. The average molecular weight is 293 g/mol. The van der Waals surface area contributed by atoms with Crippen LogP contribution in [0.2, 0.25) is 0 Å². The van der Waals surface area contributed by atoms with E-state index in [0.717, 1.165) is 12.8 Å². The molecule has 2 N–H and O–H groups in total. The smallest absolute Gasteiger partial charge is 0.344 e. The molecule has 0 radical (unpaired) electrons. The lowest BCUT2D eigenvalue weighted by Crippen LogP contribution is -2.17. The maximum atomic E-state index is 12.3. The Morgan fingerprint density at radius 2 is 2.00 bits per heavy atom. The number of nitrogens with two attached hydrogens (primary N) is 1. The summed E-state index contributed by atoms with van der Waals surface area (Å²) < 4.78 is 10.9. The molecule has 0 bridgehead atoms. The highest BCUT2D eigenvalue weighted by Crippen LogP contribution is 2.26. The number of hydrogen-bond acceptors (Lipinski definition) is 4. The molecule has 21 heavy (non-hydrogen) atoms. The highest BCUT2D eigenvalue weighted by atomic mass is 16.5. The van der Waals surface area contributed by atoms with Gasteiger partial charge in [-0.15, -0.1) is 0 Å². The van der Waals surface area contributed by atoms with Gasteiger partial charge in [-0.2, -0.15) is 0 Å². The number of carbonyl (C=O) groups is 1. The minimum absolute atomic E-state index is 0.108. The van der Waals surface area contributed by atoms with E-state index in [1.807, 2.05) is 13.8 Å². The van der Waals surface area contributed by atoms with Crippen LogP contribution in [0.1, 0.15) is 63.2 Å². The summed E-state index contributed by atoms with van der Waals surface area (Å²) in [7, 11) is 0. The maximum absolute atomic E-state index is 12.3. The quantitative estimate of drug-likeness (QED) is 0.421. The van der Waals surface area contributed by atoms with Crippen LogP contribution in [0.15, 0.2) is 18.2 Å². The van der Waals surface area contributed by atoms with Crippen LogP contribution in [-0.4, -0.2) is 18.7 Å². The Morgan fingerprint density at radius 3 is 2.67 bits per heavy atom. The zero-order chi connectivity index (χ0) is 15.7. The molecular weight excluding hydrogens is 266 g/mol. The molecule has 0 spiro atoms. The monoisotopic (exact) mass is 293 g/mol. The summed E-state index contributed by atoms with van der Waals surface area (Å²) in [5.74, 6) is 0.0835. The fraction of sp³-hybridized carbons (Fsp3) is 0.588. The molecular formula is C17H27NO3. The van der Waals surface area contributed by atoms with Crippen LogP contribution in [0.5, 0.6) is 5.75 Å². The second-order valence-corrected chi connectivity index (χ2v) is 5.22. The molecule has 1 aromatic carbocycles. The number of carbonyl (C=O) groups excluding carboxylic acids is 1. The van der Waals surface area contributed by atoms with Gasteiger partial charge in [0.1, 0.15) is 11.3 Å². The van der Waals surface area contributed by atoms with Gasteiger partial charge in [-0.05, 0) is 38.8 Å². The molecule has 1 unspecified atom stereocenters. The third kappa shape index (κ3) is 5.66. The van der Waals surface area contributed by atoms with Crippen LogP contribution in [0.3, 0.4) is 0 Å². The number of benzene rings is 1. The number of rotatable bonds is 9. The molecule has 0 aromatic heterocycles. The highest BCUT2D eigenvalue weighted by Gasteiger charge is 2.19. The van der Waals surface area contributed by atoms with Crippen molar-refractivity contribution in [1.29, 1.82) is 0 Å². The Bertz CT molecular complexity index is 446. The summed E-state index contributed by atoms with van der Waals surface area (Å²) in [6.07, 6.45) is 5.44. The lowest BCUT2D eigenvalue weighted by atomic mass is 10.1. The third-order valence-electron chi connectivity index (χ3n) is 3.33. The van der Waals surface area contributed by atoms with Crippen LogP contribution in [0.4, 0.5) is 5.69 Å². The molecule has 0 aliphatic heterocycles. The normalized spacial score (nSPS) is 12.0. The van der Waals surface area contributed by atoms with E-state index < -0.39 is 5.97 Å². The van der Waals surface area contributed by atoms with Crippen molar-refractivity contribution in [2.24, 2.45) is 0 Å². The zero-order valence-electron chi connectivity index (χ0n) is 13.4. The predicted molar refractivity (Wildman–Crippen MR) is 85.7 cm³/mol. The minimum Gasteiger partial charge on any atom is -0.493 e. The predicted octanol–water partition coefficient (Wildman–Crippen LogP) is 4.18. The topological polar surface area (TPSA) is 61.5 Å². The summed E-state index contributed by atoms with van der Waals surface area (Å²) in [6.45, 7) is 6.45. The Hall–Kier alpha value is -1.71.